The van der Waals surface area contributed by atoms with Crippen LogP contribution in [0.4, 0.5) is 0 Å². The Balaban J connectivity index is 0.000000312. The van der Waals surface area contributed by atoms with Crippen molar-refractivity contribution in [1.82, 2.24) is 0 Å². The normalized spacial score (nSPS) is 22.7. The summed E-state index contributed by atoms with van der Waals surface area (Å²) in [5.74, 6) is -1.29. The van der Waals surface area contributed by atoms with Crippen molar-refractivity contribution in [2.24, 2.45) is 52.9 Å². The maximum atomic E-state index is 13.1. The molecular formula is C105H146N2O19P2S6. The van der Waals surface area contributed by atoms with Gasteiger partial charge in [0.15, 0.2) is 0 Å². The Bertz CT molecular complexity index is 4720. The topological polar surface area (TPSA) is 342 Å². The molecule has 4 aromatic carbocycles. The van der Waals surface area contributed by atoms with E-state index in [1.54, 1.807) is 94.8 Å². The van der Waals surface area contributed by atoms with E-state index < -0.39 is 44.0 Å². The summed E-state index contributed by atoms with van der Waals surface area (Å²) in [6.07, 6.45) is 43.6. The largest absolute Gasteiger partial charge is 0.508 e. The van der Waals surface area contributed by atoms with E-state index >= 15 is 0 Å². The second-order valence-corrected chi connectivity index (χ2v) is 58.6. The van der Waals surface area contributed by atoms with Crippen molar-refractivity contribution in [1.29, 1.82) is 0 Å². The van der Waals surface area contributed by atoms with Gasteiger partial charge in [-0.3, -0.25) is 43.2 Å². The molecule has 4 fully saturated rings. The summed E-state index contributed by atoms with van der Waals surface area (Å²) in [4.78, 5) is 114. The molecule has 0 bridgehead atoms. The van der Waals surface area contributed by atoms with Gasteiger partial charge in [0.25, 0.3) is 0 Å². The minimum Gasteiger partial charge on any atom is -0.508 e. The Hall–Kier alpha value is -7.39. The van der Waals surface area contributed by atoms with Crippen molar-refractivity contribution in [2.45, 2.75) is 329 Å². The first-order valence-electron chi connectivity index (χ1n) is 48.0. The molecule has 3 aliphatic carbocycles. The van der Waals surface area contributed by atoms with Crippen LogP contribution < -0.4 is 36.3 Å². The Kier molecular flexibility index (Phi) is 51.5. The minimum absolute atomic E-state index is 0.0796. The van der Waals surface area contributed by atoms with Gasteiger partial charge in [0.05, 0.1) is 25.7 Å². The molecule has 0 spiro atoms. The van der Waals surface area contributed by atoms with Crippen LogP contribution in [0.3, 0.4) is 0 Å². The summed E-state index contributed by atoms with van der Waals surface area (Å²) in [6, 6.07) is 28.0. The number of esters is 6. The molecule has 1 saturated heterocycles. The van der Waals surface area contributed by atoms with Crippen molar-refractivity contribution in [3.05, 3.63) is 181 Å². The zero-order chi connectivity index (χ0) is 98.4. The molecule has 1 unspecified atom stereocenters. The number of aromatic hydroxyl groups is 1. The number of Topliss-reactive ketones (excluding diaryl/α,β-unsaturated/α-hetero) is 3. The van der Waals surface area contributed by atoms with Crippen LogP contribution in [0.15, 0.2) is 170 Å². The van der Waals surface area contributed by atoms with E-state index in [1.807, 2.05) is 146 Å². The Labute approximate surface area is 824 Å². The summed E-state index contributed by atoms with van der Waals surface area (Å²) in [7, 11) is 0. The number of ether oxygens (including phenoxy) is 6. The van der Waals surface area contributed by atoms with Crippen LogP contribution >= 0.6 is 55.3 Å². The third kappa shape index (κ3) is 41.7. The molecule has 134 heavy (non-hydrogen) atoms. The van der Waals surface area contributed by atoms with Gasteiger partial charge in [-0.25, -0.2) is 0 Å². The number of ketones is 3. The van der Waals surface area contributed by atoms with Crippen LogP contribution in [-0.4, -0.2) is 119 Å². The van der Waals surface area contributed by atoms with Gasteiger partial charge in [0.1, 0.15) is 68.6 Å². The van der Waals surface area contributed by atoms with Gasteiger partial charge < -0.3 is 60.3 Å². The van der Waals surface area contributed by atoms with E-state index in [0.29, 0.717) is 144 Å². The van der Waals surface area contributed by atoms with Crippen molar-refractivity contribution in [3.8, 4) is 23.0 Å². The lowest BCUT2D eigenvalue weighted by Crippen LogP contribution is -2.26. The predicted octanol–water partition coefficient (Wildman–Crippen LogP) is 23.0. The maximum Gasteiger partial charge on any atom is 0.311 e. The SMILES string of the molecule is CCCCC(=O)O[C@@H]1CC(=O)[C@H](C/C=C\CCCC(=O)Oc2ccc(C(N)=S)cc2)[C@H]1/C=C/C[C@@](C)(O)CCCC.CCCCC(=O)O[C@@H]1CC(=O)[C@H](C/C=C\CCCC(=O)Oc2ccc(P3(=S)SP(=S)(c4ccc(O)cc4)S3)cc2)[C@H]1/C=C/C[C@@](C)(O)CCCC.CCCC[C@](C)(O)C/C=C/[C@H]1[C@H](OC(=O)CC(C)CC)CC(=O)[C@@H]1C/C=C\CCCC(=O)Oc1ccc(C(N)=S)cc1. The zero-order valence-corrected chi connectivity index (χ0v) is 86.8. The fourth-order valence-electron chi connectivity index (χ4n) is 15.9. The highest BCUT2D eigenvalue weighted by atomic mass is 33.7. The number of phenols is 1. The zero-order valence-electron chi connectivity index (χ0n) is 80.1. The first kappa shape index (κ1) is 115. The number of benzene rings is 4. The highest BCUT2D eigenvalue weighted by Crippen LogP contribution is 3.04. The van der Waals surface area contributed by atoms with E-state index in [-0.39, 0.29) is 149 Å². The third-order valence-electron chi connectivity index (χ3n) is 24.3. The van der Waals surface area contributed by atoms with Gasteiger partial charge in [0.2, 0.25) is 0 Å². The molecule has 8 N–H and O–H groups in total. The van der Waals surface area contributed by atoms with Gasteiger partial charge in [-0.15, -0.1) is 0 Å². The van der Waals surface area contributed by atoms with Crippen LogP contribution in [0.5, 0.6) is 23.0 Å². The van der Waals surface area contributed by atoms with Crippen molar-refractivity contribution in [2.75, 3.05) is 0 Å². The molecule has 0 amide bonds. The summed E-state index contributed by atoms with van der Waals surface area (Å²) < 4.78 is 29.8. The molecule has 21 nitrogen and oxygen atoms in total. The van der Waals surface area contributed by atoms with E-state index in [2.05, 4.69) is 20.8 Å². The van der Waals surface area contributed by atoms with Crippen molar-refractivity contribution in [3.63, 3.8) is 0 Å². The summed E-state index contributed by atoms with van der Waals surface area (Å²) >= 11 is 25.2. The van der Waals surface area contributed by atoms with Gasteiger partial charge in [-0.2, -0.15) is 0 Å². The van der Waals surface area contributed by atoms with E-state index in [0.717, 1.165) is 81.2 Å². The Morgan fingerprint density at radius 3 is 0.993 bits per heavy atom. The first-order chi connectivity index (χ1) is 63.8. The smallest absolute Gasteiger partial charge is 0.311 e. The lowest BCUT2D eigenvalue weighted by molar-refractivity contribution is -0.152. The predicted molar refractivity (Wildman–Crippen MR) is 556 cm³/mol. The highest BCUT2D eigenvalue weighted by molar-refractivity contribution is 9.48. The first-order valence-corrected chi connectivity index (χ1v) is 58.5. The van der Waals surface area contributed by atoms with E-state index in [9.17, 15) is 63.6 Å². The number of aliphatic hydroxyl groups is 3. The summed E-state index contributed by atoms with van der Waals surface area (Å²) in [5.41, 5.74) is 10.2. The Morgan fingerprint density at radius 2 is 0.701 bits per heavy atom. The average molecular weight is 1990 g/mol. The number of rotatable bonds is 55. The Morgan fingerprint density at radius 1 is 0.418 bits per heavy atom. The van der Waals surface area contributed by atoms with Gasteiger partial charge >= 0.3 is 35.8 Å². The number of hydrogen-bond donors (Lipinski definition) is 6. The molecule has 8 rings (SSSR count). The number of allylic oxidation sites excluding steroid dienone is 6. The molecule has 4 aliphatic rings. The monoisotopic (exact) mass is 1990 g/mol. The highest BCUT2D eigenvalue weighted by Gasteiger charge is 2.48. The second kappa shape index (κ2) is 59.8. The van der Waals surface area contributed by atoms with E-state index in [4.69, 9.17) is 87.9 Å². The number of phenolic OH excluding ortho intramolecular Hbond substituents is 1. The number of hydrogen-bond acceptors (Lipinski definition) is 25. The molecule has 736 valence electrons. The van der Waals surface area contributed by atoms with Crippen LogP contribution in [0.25, 0.3) is 0 Å². The molecule has 1 heterocycles. The van der Waals surface area contributed by atoms with Gasteiger partial charge in [0, 0.05) is 115 Å². The fraction of sp³-hybridized carbons (Fsp3) is 0.552. The molecular weight excluding hydrogens is 1850 g/mol. The number of nitrogens with two attached hydrogens (primary N) is 2. The second-order valence-electron chi connectivity index (χ2n) is 36.4. The van der Waals surface area contributed by atoms with Gasteiger partial charge in [-0.05, 0) is 233 Å². The van der Waals surface area contributed by atoms with Crippen LogP contribution in [0.1, 0.15) is 305 Å². The lowest BCUT2D eigenvalue weighted by Gasteiger charge is -2.40. The lowest BCUT2D eigenvalue weighted by atomic mass is 9.88. The average Bonchev–Trinajstić information content (AvgIpc) is 1.30. The molecule has 13 atom stereocenters. The number of carbonyl (C=O) groups is 9. The quantitative estimate of drug-likeness (QED) is 0.00455. The van der Waals surface area contributed by atoms with Crippen molar-refractivity contribution < 1.29 is 92.0 Å². The van der Waals surface area contributed by atoms with E-state index in [1.165, 1.54) is 0 Å². The molecule has 0 aromatic heterocycles. The summed E-state index contributed by atoms with van der Waals surface area (Å²) in [5, 5.41) is 43.8. The van der Waals surface area contributed by atoms with Gasteiger partial charge in [-0.1, -0.05) is 249 Å². The van der Waals surface area contributed by atoms with Crippen LogP contribution in [-0.2, 0) is 81.0 Å². The number of unbranched alkanes of at least 4 members (excludes halogenated alkanes) is 8. The molecule has 3 saturated carbocycles. The third-order valence-corrected chi connectivity index (χ3v) is 56.0. The van der Waals surface area contributed by atoms with Crippen molar-refractivity contribution >= 4 is 153 Å². The molecule has 29 heteroatoms. The molecule has 1 aliphatic heterocycles. The van der Waals surface area contributed by atoms with Crippen LogP contribution in [0.2, 0.25) is 0 Å². The maximum absolute atomic E-state index is 13.1. The number of thiocarbonyl (C=S) groups is 2. The fourth-order valence-corrected chi connectivity index (χ4v) is 58.5. The molecule has 4 aromatic rings. The van der Waals surface area contributed by atoms with Crippen LogP contribution in [0, 0.1) is 41.4 Å². The summed E-state index contributed by atoms with van der Waals surface area (Å²) in [6.45, 7) is 19.9. The standard InChI is InChI=1S/C38H50O7P2S4.C34H49NO6S.C33H47NO6S/c1-4-6-15-37(42)45-35-27-34(40)32(33(35)14-12-26-38(3,43)25-7-5-2)13-10-8-9-11-16-36(41)44-29-19-23-31(24-20-29)47(49)50-46(48,51-47)30-21-17-28(39)18-22-30;1-5-7-20-34(4,39)21-12-14-28-27(29(36)23-30(28)41-32(38)22-24(3)6-2)13-10-8-9-11-15-31(37)40-26-18-16-25(17-19-26)33(35)42;1-4-6-15-31(37)40-29-23-28(35)26(27(29)14-12-22-33(3,38)21-7-5-2)13-10-8-9-11-16-30(36)39-25-19-17-24(18-20-25)32(34)41/h8,10,12,14,17-24,32-33,35,39,43H,4-7,9,11,13,15-16,25-27H2,1-3H3;8,10,12,14,16-19,24,27-28,30,39H,5-7,9,11,13,15,20-23H2,1-4H3,(H2,35,42);8,10,12,14,17-20,26-27,29,38H,4-7,9,11,13,15-16,21-23H2,1-3H3,(H2,34,41)/b3*10-8-,14-12+/t32-,33-,35-,38+,46?,47?;24?,27-,28-,30-,34+;26-,27-,29-,33+/m111/s1. The number of carbonyl (C=O) groups excluding carboxylic acids is 9. The molecule has 0 radical (unpaired) electrons. The minimum atomic E-state index is -1.93.